The number of hydrogen-bond acceptors (Lipinski definition) is 6. The Morgan fingerprint density at radius 2 is 1.51 bits per heavy atom. The van der Waals surface area contributed by atoms with Gasteiger partial charge in [0.1, 0.15) is 6.04 Å². The van der Waals surface area contributed by atoms with E-state index in [-0.39, 0.29) is 29.6 Å². The lowest BCUT2D eigenvalue weighted by atomic mass is 10.0. The van der Waals surface area contributed by atoms with E-state index in [1.807, 2.05) is 113 Å². The molecule has 0 spiro atoms. The van der Waals surface area contributed by atoms with Gasteiger partial charge in [0.15, 0.2) is 5.82 Å². The van der Waals surface area contributed by atoms with Crippen LogP contribution >= 0.6 is 0 Å². The summed E-state index contributed by atoms with van der Waals surface area (Å²) < 4.78 is 12.1. The number of aromatic nitrogens is 2. The van der Waals surface area contributed by atoms with Gasteiger partial charge in [-0.15, -0.1) is 0 Å². The van der Waals surface area contributed by atoms with E-state index in [0.29, 0.717) is 48.8 Å². The number of likely N-dealkylation sites (tertiary alicyclic amines) is 1. The maximum absolute atomic E-state index is 14.1. The molecule has 5 aromatic rings. The number of rotatable bonds is 10. The zero-order valence-electron chi connectivity index (χ0n) is 27.6. The average Bonchev–Trinajstić information content (AvgIpc) is 3.71. The highest BCUT2D eigenvalue weighted by atomic mass is 16.5. The number of fused-ring (bicyclic) bond motifs is 1. The van der Waals surface area contributed by atoms with Gasteiger partial charge in [-0.25, -0.2) is 0 Å². The number of aryl methyl sites for hydroxylation is 2. The van der Waals surface area contributed by atoms with Crippen LogP contribution in [0.3, 0.4) is 0 Å². The summed E-state index contributed by atoms with van der Waals surface area (Å²) in [4.78, 5) is 35.5. The zero-order chi connectivity index (χ0) is 33.0. The quantitative estimate of drug-likeness (QED) is 0.159. The summed E-state index contributed by atoms with van der Waals surface area (Å²) in [7, 11) is 1.81. The normalized spacial score (nSPS) is 16.5. The van der Waals surface area contributed by atoms with Crippen molar-refractivity contribution in [2.75, 3.05) is 13.6 Å². The number of nitrogens with zero attached hydrogens (tertiary/aromatic N) is 4. The summed E-state index contributed by atoms with van der Waals surface area (Å²) in [5.41, 5.74) is 3.15. The molecule has 242 valence electrons. The van der Waals surface area contributed by atoms with Gasteiger partial charge < -0.3 is 19.1 Å². The SMILES string of the molecule is CN(Cc1ccccc1)C(=O)c1ccc2cc(C(=O)N3C[C@H](OC(C)(C)C)C[C@@H]3c3nc(CCCc4ccccc4)no3)ccc2c1. The largest absolute Gasteiger partial charge is 0.371 e. The van der Waals surface area contributed by atoms with Crippen molar-refractivity contribution >= 4 is 22.6 Å². The zero-order valence-corrected chi connectivity index (χ0v) is 27.6. The summed E-state index contributed by atoms with van der Waals surface area (Å²) in [5.74, 6) is 0.911. The minimum atomic E-state index is -0.388. The van der Waals surface area contributed by atoms with Crippen molar-refractivity contribution in [1.82, 2.24) is 19.9 Å². The van der Waals surface area contributed by atoms with Crippen LogP contribution in [0.15, 0.2) is 102 Å². The van der Waals surface area contributed by atoms with Gasteiger partial charge in [0.05, 0.1) is 11.7 Å². The lowest BCUT2D eigenvalue weighted by Gasteiger charge is -2.25. The molecule has 2 heterocycles. The summed E-state index contributed by atoms with van der Waals surface area (Å²) in [6.07, 6.45) is 2.93. The van der Waals surface area contributed by atoms with Gasteiger partial charge in [0.2, 0.25) is 5.89 Å². The molecule has 8 nitrogen and oxygen atoms in total. The van der Waals surface area contributed by atoms with Gasteiger partial charge in [-0.3, -0.25) is 9.59 Å². The molecule has 2 amide bonds. The Labute approximate surface area is 276 Å². The van der Waals surface area contributed by atoms with E-state index in [4.69, 9.17) is 14.2 Å². The lowest BCUT2D eigenvalue weighted by molar-refractivity contribution is -0.0535. The van der Waals surface area contributed by atoms with Crippen LogP contribution in [0.25, 0.3) is 10.8 Å². The fraction of sp³-hybridized carbons (Fsp3) is 0.333. The van der Waals surface area contributed by atoms with Gasteiger partial charge >= 0.3 is 0 Å². The van der Waals surface area contributed by atoms with Crippen molar-refractivity contribution in [2.24, 2.45) is 0 Å². The first kappa shape index (κ1) is 32.1. The van der Waals surface area contributed by atoms with E-state index >= 15 is 0 Å². The molecule has 0 N–H and O–H groups in total. The second-order valence-electron chi connectivity index (χ2n) is 13.4. The fourth-order valence-electron chi connectivity index (χ4n) is 6.27. The molecule has 0 aliphatic carbocycles. The molecule has 0 radical (unpaired) electrons. The van der Waals surface area contributed by atoms with Crippen LogP contribution in [-0.2, 0) is 24.1 Å². The summed E-state index contributed by atoms with van der Waals surface area (Å²) in [5, 5.41) is 6.04. The Kier molecular flexibility index (Phi) is 9.50. The third-order valence-electron chi connectivity index (χ3n) is 8.46. The number of carbonyl (C=O) groups excluding carboxylic acids is 2. The summed E-state index contributed by atoms with van der Waals surface area (Å²) in [6.45, 7) is 7.01. The summed E-state index contributed by atoms with van der Waals surface area (Å²) >= 11 is 0. The van der Waals surface area contributed by atoms with Crippen LogP contribution in [0.1, 0.15) is 83.2 Å². The van der Waals surface area contributed by atoms with Crippen molar-refractivity contribution in [3.63, 3.8) is 0 Å². The van der Waals surface area contributed by atoms with Crippen LogP contribution in [0, 0.1) is 0 Å². The smallest absolute Gasteiger partial charge is 0.254 e. The number of ether oxygens (including phenoxy) is 1. The van der Waals surface area contributed by atoms with Gasteiger partial charge in [0, 0.05) is 44.1 Å². The molecular weight excluding hydrogens is 588 g/mol. The topological polar surface area (TPSA) is 88.8 Å². The number of benzene rings is 4. The third kappa shape index (κ3) is 7.95. The van der Waals surface area contributed by atoms with Crippen molar-refractivity contribution in [2.45, 2.75) is 70.7 Å². The van der Waals surface area contributed by atoms with E-state index in [9.17, 15) is 9.59 Å². The third-order valence-corrected chi connectivity index (χ3v) is 8.46. The maximum Gasteiger partial charge on any atom is 0.254 e. The molecule has 1 fully saturated rings. The Bertz CT molecular complexity index is 1830. The average molecular weight is 631 g/mol. The minimum absolute atomic E-state index is 0.0558. The van der Waals surface area contributed by atoms with E-state index in [1.54, 1.807) is 9.80 Å². The maximum atomic E-state index is 14.1. The van der Waals surface area contributed by atoms with Crippen molar-refractivity contribution < 1.29 is 18.8 Å². The molecule has 0 unspecified atom stereocenters. The highest BCUT2D eigenvalue weighted by Gasteiger charge is 2.41. The number of carbonyl (C=O) groups is 2. The van der Waals surface area contributed by atoms with E-state index in [1.165, 1.54) is 5.56 Å². The van der Waals surface area contributed by atoms with Crippen LogP contribution in [0.4, 0.5) is 0 Å². The fourth-order valence-corrected chi connectivity index (χ4v) is 6.27. The van der Waals surface area contributed by atoms with Crippen molar-refractivity contribution in [3.8, 4) is 0 Å². The number of amides is 2. The molecule has 1 saturated heterocycles. The van der Waals surface area contributed by atoms with Gasteiger partial charge in [-0.1, -0.05) is 78.0 Å². The summed E-state index contributed by atoms with van der Waals surface area (Å²) in [6, 6.07) is 31.1. The molecule has 0 bridgehead atoms. The first-order valence-corrected chi connectivity index (χ1v) is 16.3. The number of hydrogen-bond donors (Lipinski definition) is 0. The molecule has 4 aromatic carbocycles. The van der Waals surface area contributed by atoms with Crippen LogP contribution < -0.4 is 0 Å². The monoisotopic (exact) mass is 630 g/mol. The Morgan fingerprint density at radius 1 is 0.872 bits per heavy atom. The lowest BCUT2D eigenvalue weighted by Crippen LogP contribution is -2.34. The molecule has 1 aliphatic heterocycles. The first-order chi connectivity index (χ1) is 22.6. The highest BCUT2D eigenvalue weighted by Crippen LogP contribution is 2.36. The standard InChI is InChI=1S/C39H42N4O4/c1-39(2,3)46-33-24-34(36-40-35(41-47-36)17-11-16-27-12-7-5-8-13-27)43(26-33)38(45)32-21-19-29-22-31(20-18-30(29)23-32)37(44)42(4)25-28-14-9-6-10-15-28/h5-10,12-15,18-23,33-34H,11,16-17,24-26H2,1-4H3/t33-,34-/m1/s1. The molecule has 0 saturated carbocycles. The second-order valence-corrected chi connectivity index (χ2v) is 13.4. The Hall–Kier alpha value is -4.82. The first-order valence-electron chi connectivity index (χ1n) is 16.3. The molecular formula is C39H42N4O4. The second kappa shape index (κ2) is 13.9. The molecule has 1 aliphatic rings. The molecule has 47 heavy (non-hydrogen) atoms. The minimum Gasteiger partial charge on any atom is -0.371 e. The van der Waals surface area contributed by atoms with Crippen LogP contribution in [-0.4, -0.2) is 57.1 Å². The van der Waals surface area contributed by atoms with E-state index in [2.05, 4.69) is 17.3 Å². The molecule has 8 heteroatoms. The van der Waals surface area contributed by atoms with Gasteiger partial charge in [-0.05, 0) is 79.8 Å². The molecule has 2 atom stereocenters. The predicted molar refractivity (Wildman–Crippen MR) is 182 cm³/mol. The molecule has 6 rings (SSSR count). The van der Waals surface area contributed by atoms with Gasteiger partial charge in [0.25, 0.3) is 11.8 Å². The highest BCUT2D eigenvalue weighted by molar-refractivity contribution is 6.02. The van der Waals surface area contributed by atoms with Crippen LogP contribution in [0.2, 0.25) is 0 Å². The van der Waals surface area contributed by atoms with E-state index in [0.717, 1.165) is 29.2 Å². The predicted octanol–water partition coefficient (Wildman–Crippen LogP) is 7.44. The Morgan fingerprint density at radius 3 is 2.19 bits per heavy atom. The van der Waals surface area contributed by atoms with Crippen molar-refractivity contribution in [3.05, 3.63) is 131 Å². The molecule has 1 aromatic heterocycles. The Balaban J connectivity index is 1.18. The van der Waals surface area contributed by atoms with Gasteiger partial charge in [-0.2, -0.15) is 4.98 Å². The van der Waals surface area contributed by atoms with Crippen molar-refractivity contribution in [1.29, 1.82) is 0 Å². The van der Waals surface area contributed by atoms with Crippen LogP contribution in [0.5, 0.6) is 0 Å². The van der Waals surface area contributed by atoms with E-state index < -0.39 is 0 Å².